The second-order valence-electron chi connectivity index (χ2n) is 10.3. The largest absolute Gasteiger partial charge is 0.343 e. The predicted octanol–water partition coefficient (Wildman–Crippen LogP) is 4.59. The maximum Gasteiger partial charge on any atom is 0.223 e. The van der Waals surface area contributed by atoms with E-state index in [9.17, 15) is 9.59 Å². The summed E-state index contributed by atoms with van der Waals surface area (Å²) in [5.41, 5.74) is 2.60. The Morgan fingerprint density at radius 3 is 1.91 bits per heavy atom. The van der Waals surface area contributed by atoms with Crippen LogP contribution in [0.25, 0.3) is 0 Å². The van der Waals surface area contributed by atoms with E-state index in [0.717, 1.165) is 45.6 Å². The number of hydrogen-bond donors (Lipinski definition) is 0. The van der Waals surface area contributed by atoms with Crippen LogP contribution in [0, 0.1) is 11.8 Å². The van der Waals surface area contributed by atoms with Gasteiger partial charge in [0.15, 0.2) is 0 Å². The van der Waals surface area contributed by atoms with Gasteiger partial charge in [0, 0.05) is 52.1 Å². The SMILES string of the molecule is CC(=O)N1CCC(CC(=O)N2CCN(C(c3ccccc3)c3ccccc3)C[C@@H]2C(C)C)CC1. The quantitative estimate of drug-likeness (QED) is 0.632. The van der Waals surface area contributed by atoms with Crippen molar-refractivity contribution in [2.75, 3.05) is 32.7 Å². The summed E-state index contributed by atoms with van der Waals surface area (Å²) >= 11 is 0. The van der Waals surface area contributed by atoms with Crippen molar-refractivity contribution in [3.8, 4) is 0 Å². The van der Waals surface area contributed by atoms with E-state index in [2.05, 4.69) is 84.3 Å². The zero-order valence-corrected chi connectivity index (χ0v) is 20.9. The Kier molecular flexibility index (Phi) is 8.04. The second kappa shape index (κ2) is 11.2. The minimum absolute atomic E-state index is 0.146. The lowest BCUT2D eigenvalue weighted by molar-refractivity contribution is -0.139. The number of piperazine rings is 1. The van der Waals surface area contributed by atoms with Crippen molar-refractivity contribution in [1.29, 1.82) is 0 Å². The Morgan fingerprint density at radius 1 is 0.853 bits per heavy atom. The van der Waals surface area contributed by atoms with Crippen molar-refractivity contribution >= 4 is 11.8 Å². The first kappa shape index (κ1) is 24.5. The highest BCUT2D eigenvalue weighted by Gasteiger charge is 2.36. The van der Waals surface area contributed by atoms with Crippen LogP contribution in [0.1, 0.15) is 57.2 Å². The van der Waals surface area contributed by atoms with E-state index in [-0.39, 0.29) is 23.9 Å². The van der Waals surface area contributed by atoms with E-state index in [1.54, 1.807) is 6.92 Å². The summed E-state index contributed by atoms with van der Waals surface area (Å²) in [6.07, 6.45) is 2.47. The minimum Gasteiger partial charge on any atom is -0.343 e. The van der Waals surface area contributed by atoms with Gasteiger partial charge in [0.25, 0.3) is 0 Å². The molecule has 0 unspecified atom stereocenters. The molecule has 0 bridgehead atoms. The molecular formula is C29H39N3O2. The highest BCUT2D eigenvalue weighted by molar-refractivity contribution is 5.77. The third kappa shape index (κ3) is 5.69. The molecule has 4 rings (SSSR count). The Balaban J connectivity index is 1.47. The molecule has 0 saturated carbocycles. The van der Waals surface area contributed by atoms with Crippen LogP contribution in [0.3, 0.4) is 0 Å². The first-order valence-corrected chi connectivity index (χ1v) is 12.8. The van der Waals surface area contributed by atoms with Crippen molar-refractivity contribution in [3.63, 3.8) is 0 Å². The maximum absolute atomic E-state index is 13.4. The summed E-state index contributed by atoms with van der Waals surface area (Å²) in [6, 6.07) is 21.8. The van der Waals surface area contributed by atoms with E-state index >= 15 is 0 Å². The molecule has 2 saturated heterocycles. The molecule has 2 aromatic carbocycles. The van der Waals surface area contributed by atoms with Crippen LogP contribution in [0.15, 0.2) is 60.7 Å². The molecular weight excluding hydrogens is 422 g/mol. The summed E-state index contributed by atoms with van der Waals surface area (Å²) in [5.74, 6) is 1.21. The van der Waals surface area contributed by atoms with Gasteiger partial charge in [-0.2, -0.15) is 0 Å². The molecule has 0 radical (unpaired) electrons. The van der Waals surface area contributed by atoms with Crippen molar-refractivity contribution < 1.29 is 9.59 Å². The number of likely N-dealkylation sites (tertiary alicyclic amines) is 1. The van der Waals surface area contributed by atoms with E-state index < -0.39 is 0 Å². The Morgan fingerprint density at radius 2 is 1.41 bits per heavy atom. The van der Waals surface area contributed by atoms with E-state index in [4.69, 9.17) is 0 Å². The molecule has 2 amide bonds. The van der Waals surface area contributed by atoms with Crippen LogP contribution in [-0.2, 0) is 9.59 Å². The van der Waals surface area contributed by atoms with Gasteiger partial charge in [-0.3, -0.25) is 14.5 Å². The van der Waals surface area contributed by atoms with Gasteiger partial charge in [-0.05, 0) is 35.8 Å². The molecule has 2 fully saturated rings. The normalized spacial score (nSPS) is 20.2. The van der Waals surface area contributed by atoms with Gasteiger partial charge in [-0.25, -0.2) is 0 Å². The summed E-state index contributed by atoms with van der Waals surface area (Å²) in [6.45, 7) is 10.2. The average molecular weight is 462 g/mol. The summed E-state index contributed by atoms with van der Waals surface area (Å²) in [7, 11) is 0. The highest BCUT2D eigenvalue weighted by Crippen LogP contribution is 2.32. The summed E-state index contributed by atoms with van der Waals surface area (Å²) < 4.78 is 0. The molecule has 0 aliphatic carbocycles. The number of hydrogen-bond acceptors (Lipinski definition) is 3. The molecule has 34 heavy (non-hydrogen) atoms. The van der Waals surface area contributed by atoms with E-state index in [1.807, 2.05) is 4.90 Å². The first-order chi connectivity index (χ1) is 16.4. The number of benzene rings is 2. The molecule has 5 nitrogen and oxygen atoms in total. The van der Waals surface area contributed by atoms with Crippen LogP contribution in [-0.4, -0.2) is 65.3 Å². The summed E-state index contributed by atoms with van der Waals surface area (Å²) in [4.78, 5) is 31.7. The van der Waals surface area contributed by atoms with Crippen LogP contribution < -0.4 is 0 Å². The molecule has 2 aromatic rings. The van der Waals surface area contributed by atoms with Gasteiger partial charge in [0.2, 0.25) is 11.8 Å². The monoisotopic (exact) mass is 461 g/mol. The van der Waals surface area contributed by atoms with Crippen molar-refractivity contribution in [2.45, 2.75) is 52.1 Å². The van der Waals surface area contributed by atoms with Gasteiger partial charge in [0.05, 0.1) is 6.04 Å². The molecule has 0 aromatic heterocycles. The first-order valence-electron chi connectivity index (χ1n) is 12.8. The fourth-order valence-corrected chi connectivity index (χ4v) is 5.65. The van der Waals surface area contributed by atoms with Crippen LogP contribution in [0.4, 0.5) is 0 Å². The maximum atomic E-state index is 13.4. The van der Waals surface area contributed by atoms with Crippen LogP contribution in [0.2, 0.25) is 0 Å². The van der Waals surface area contributed by atoms with E-state index in [1.165, 1.54) is 11.1 Å². The third-order valence-corrected chi connectivity index (χ3v) is 7.66. The Hall–Kier alpha value is -2.66. The van der Waals surface area contributed by atoms with Gasteiger partial charge >= 0.3 is 0 Å². The molecule has 0 spiro atoms. The van der Waals surface area contributed by atoms with Crippen LogP contribution >= 0.6 is 0 Å². The number of carbonyl (C=O) groups is 2. The topological polar surface area (TPSA) is 43.9 Å². The van der Waals surface area contributed by atoms with Gasteiger partial charge in [0.1, 0.15) is 0 Å². The lowest BCUT2D eigenvalue weighted by atomic mass is 9.90. The van der Waals surface area contributed by atoms with Gasteiger partial charge in [-0.15, -0.1) is 0 Å². The zero-order valence-electron chi connectivity index (χ0n) is 20.9. The smallest absolute Gasteiger partial charge is 0.223 e. The third-order valence-electron chi connectivity index (χ3n) is 7.66. The molecule has 182 valence electrons. The van der Waals surface area contributed by atoms with Crippen molar-refractivity contribution in [1.82, 2.24) is 14.7 Å². The molecule has 2 aliphatic heterocycles. The fourth-order valence-electron chi connectivity index (χ4n) is 5.65. The number of amides is 2. The predicted molar refractivity (Wildman–Crippen MR) is 136 cm³/mol. The standard InChI is InChI=1S/C29H39N3O2/c1-22(2)27-21-31(29(25-10-6-4-7-11-25)26-12-8-5-9-13-26)18-19-32(27)28(34)20-24-14-16-30(17-15-24)23(3)33/h4-13,22,24,27,29H,14-21H2,1-3H3/t27-/m1/s1. The van der Waals surface area contributed by atoms with E-state index in [0.29, 0.717) is 18.3 Å². The lowest BCUT2D eigenvalue weighted by Gasteiger charge is -2.47. The molecule has 0 N–H and O–H groups in total. The molecule has 2 aliphatic rings. The Bertz CT molecular complexity index is 899. The minimum atomic E-state index is 0.146. The number of rotatable bonds is 6. The number of nitrogens with zero attached hydrogens (tertiary/aromatic N) is 3. The van der Waals surface area contributed by atoms with Crippen LogP contribution in [0.5, 0.6) is 0 Å². The van der Waals surface area contributed by atoms with Crippen molar-refractivity contribution in [3.05, 3.63) is 71.8 Å². The van der Waals surface area contributed by atoms with Crippen molar-refractivity contribution in [2.24, 2.45) is 11.8 Å². The molecule has 5 heteroatoms. The number of piperidine rings is 1. The number of carbonyl (C=O) groups excluding carboxylic acids is 2. The average Bonchev–Trinajstić information content (AvgIpc) is 2.86. The molecule has 1 atom stereocenters. The highest BCUT2D eigenvalue weighted by atomic mass is 16.2. The Labute approximate surface area is 204 Å². The van der Waals surface area contributed by atoms with Gasteiger partial charge in [-0.1, -0.05) is 74.5 Å². The zero-order chi connectivity index (χ0) is 24.1. The molecule has 2 heterocycles. The summed E-state index contributed by atoms with van der Waals surface area (Å²) in [5, 5.41) is 0. The second-order valence-corrected chi connectivity index (χ2v) is 10.3. The fraction of sp³-hybridized carbons (Fsp3) is 0.517. The lowest BCUT2D eigenvalue weighted by Crippen LogP contribution is -2.58. The van der Waals surface area contributed by atoms with Gasteiger partial charge < -0.3 is 9.80 Å².